The van der Waals surface area contributed by atoms with Gasteiger partial charge < -0.3 is 15.8 Å². The monoisotopic (exact) mass is 408 g/mol. The van der Waals surface area contributed by atoms with E-state index in [9.17, 15) is 4.79 Å². The summed E-state index contributed by atoms with van der Waals surface area (Å²) in [6.07, 6.45) is 11.8. The second-order valence-corrected chi connectivity index (χ2v) is 10.6. The molecule has 0 heterocycles. The van der Waals surface area contributed by atoms with E-state index in [1.165, 1.54) is 18.4 Å². The van der Waals surface area contributed by atoms with Crippen LogP contribution in [0.5, 0.6) is 0 Å². The average molecular weight is 409 g/mol. The molecule has 6 rings (SSSR count). The fourth-order valence-corrected chi connectivity index (χ4v) is 7.45. The van der Waals surface area contributed by atoms with E-state index in [4.69, 9.17) is 10.5 Å². The molecule has 2 unspecified atom stereocenters. The Bertz CT molecular complexity index is 792. The lowest BCUT2D eigenvalue weighted by molar-refractivity contribution is -0.145. The lowest BCUT2D eigenvalue weighted by atomic mass is 9.41. The van der Waals surface area contributed by atoms with Crippen molar-refractivity contribution in [3.8, 4) is 0 Å². The number of rotatable bonds is 5. The molecule has 1 aromatic carbocycles. The van der Waals surface area contributed by atoms with Crippen molar-refractivity contribution in [2.45, 2.75) is 75.3 Å². The first-order valence-corrected chi connectivity index (χ1v) is 11.8. The molecule has 0 aromatic heterocycles. The molecule has 5 aliphatic rings. The van der Waals surface area contributed by atoms with Crippen molar-refractivity contribution in [2.24, 2.45) is 23.0 Å². The predicted octanol–water partition coefficient (Wildman–Crippen LogP) is 4.09. The number of methoxy groups -OCH3 is 1. The van der Waals surface area contributed by atoms with Gasteiger partial charge in [-0.3, -0.25) is 4.79 Å². The third-order valence-corrected chi connectivity index (χ3v) is 8.63. The van der Waals surface area contributed by atoms with Crippen molar-refractivity contribution in [2.75, 3.05) is 13.7 Å². The zero-order valence-corrected chi connectivity index (χ0v) is 18.2. The molecular formula is C26H36N2O2. The van der Waals surface area contributed by atoms with Crippen LogP contribution in [-0.2, 0) is 14.9 Å². The summed E-state index contributed by atoms with van der Waals surface area (Å²) in [5.41, 5.74) is 9.01. The minimum Gasteiger partial charge on any atom is -0.381 e. The van der Waals surface area contributed by atoms with Gasteiger partial charge in [0.2, 0.25) is 5.91 Å². The van der Waals surface area contributed by atoms with Crippen LogP contribution in [0.1, 0.15) is 63.4 Å². The van der Waals surface area contributed by atoms with Gasteiger partial charge in [-0.05, 0) is 80.6 Å². The van der Waals surface area contributed by atoms with Crippen molar-refractivity contribution in [1.82, 2.24) is 5.32 Å². The number of benzene rings is 1. The van der Waals surface area contributed by atoms with Crippen LogP contribution in [0.15, 0.2) is 42.0 Å². The Morgan fingerprint density at radius 2 is 1.77 bits per heavy atom. The van der Waals surface area contributed by atoms with Crippen molar-refractivity contribution in [3.63, 3.8) is 0 Å². The Balaban J connectivity index is 1.44. The van der Waals surface area contributed by atoms with Gasteiger partial charge in [-0.15, -0.1) is 0 Å². The van der Waals surface area contributed by atoms with Crippen LogP contribution < -0.4 is 11.1 Å². The largest absolute Gasteiger partial charge is 0.381 e. The maximum absolute atomic E-state index is 13.8. The summed E-state index contributed by atoms with van der Waals surface area (Å²) in [5.74, 6) is 1.34. The Morgan fingerprint density at radius 1 is 1.10 bits per heavy atom. The number of carbonyl (C=O) groups excluding carboxylic acids is 1. The quantitative estimate of drug-likeness (QED) is 0.721. The molecule has 1 aromatic rings. The first-order valence-electron chi connectivity index (χ1n) is 11.8. The van der Waals surface area contributed by atoms with Gasteiger partial charge in [0.05, 0.1) is 12.0 Å². The maximum Gasteiger partial charge on any atom is 0.226 e. The summed E-state index contributed by atoms with van der Waals surface area (Å²) < 4.78 is 5.37. The number of nitrogens with one attached hydrogen (secondary N) is 1. The molecule has 5 fully saturated rings. The number of carbonyl (C=O) groups is 1. The lowest BCUT2D eigenvalue weighted by Crippen LogP contribution is -2.61. The second kappa shape index (κ2) is 7.80. The fourth-order valence-electron chi connectivity index (χ4n) is 7.45. The minimum atomic E-state index is -0.217. The first-order chi connectivity index (χ1) is 14.5. The molecule has 30 heavy (non-hydrogen) atoms. The van der Waals surface area contributed by atoms with E-state index in [-0.39, 0.29) is 10.8 Å². The van der Waals surface area contributed by atoms with E-state index >= 15 is 0 Å². The van der Waals surface area contributed by atoms with E-state index in [0.29, 0.717) is 36.4 Å². The Hall–Kier alpha value is -1.65. The highest BCUT2D eigenvalue weighted by atomic mass is 16.5. The fraction of sp³-hybridized carbons (Fsp3) is 0.654. The highest BCUT2D eigenvalue weighted by Crippen LogP contribution is 2.67. The predicted molar refractivity (Wildman–Crippen MR) is 119 cm³/mol. The molecule has 2 atom stereocenters. The molecule has 4 nitrogen and oxygen atoms in total. The number of nitrogens with two attached hydrogens (primary N) is 1. The first kappa shape index (κ1) is 20.3. The zero-order valence-electron chi connectivity index (χ0n) is 18.2. The molecule has 5 saturated carbocycles. The van der Waals surface area contributed by atoms with Crippen LogP contribution in [0.4, 0.5) is 0 Å². The van der Waals surface area contributed by atoms with Gasteiger partial charge >= 0.3 is 0 Å². The normalized spacial score (nSPS) is 39.7. The molecule has 0 radical (unpaired) electrons. The molecular weight excluding hydrogens is 372 g/mol. The van der Waals surface area contributed by atoms with Crippen molar-refractivity contribution >= 4 is 5.91 Å². The summed E-state index contributed by atoms with van der Waals surface area (Å²) in [7, 11) is 1.77. The highest BCUT2D eigenvalue weighted by molar-refractivity contribution is 5.84. The number of allylic oxidation sites excluding steroid dienone is 1. The van der Waals surface area contributed by atoms with Gasteiger partial charge in [0.25, 0.3) is 0 Å². The van der Waals surface area contributed by atoms with E-state index in [1.807, 2.05) is 0 Å². The van der Waals surface area contributed by atoms with Crippen LogP contribution in [0.3, 0.4) is 0 Å². The number of hydrogen-bond acceptors (Lipinski definition) is 3. The molecule has 5 aliphatic carbocycles. The van der Waals surface area contributed by atoms with E-state index in [1.54, 1.807) is 12.7 Å². The minimum absolute atomic E-state index is 0.143. The zero-order chi connectivity index (χ0) is 20.8. The molecule has 3 N–H and O–H groups in total. The molecule has 0 saturated heterocycles. The molecule has 4 bridgehead atoms. The Labute approximate surface area is 180 Å². The van der Waals surface area contributed by atoms with Crippen LogP contribution >= 0.6 is 0 Å². The van der Waals surface area contributed by atoms with Crippen molar-refractivity contribution < 1.29 is 9.53 Å². The molecule has 4 heteroatoms. The molecule has 1 amide bonds. The number of ether oxygens (including phenoxy) is 1. The Kier molecular flexibility index (Phi) is 5.27. The standard InChI is InChI=1S/C26H36N2O2/c1-30-12-11-23-18-13-25(20-5-3-2-4-6-20)14-19(23)16-26(15-18,17-25)24(29)28-22-9-7-21(27)8-10-22/h2-6,11,18-19,21-22H,7-10,12-17,27H2,1H3,(H,28,29). The average Bonchev–Trinajstić information content (AvgIpc) is 2.75. The third kappa shape index (κ3) is 3.42. The van der Waals surface area contributed by atoms with Gasteiger partial charge in [0.1, 0.15) is 0 Å². The van der Waals surface area contributed by atoms with Crippen LogP contribution in [-0.4, -0.2) is 31.7 Å². The van der Waals surface area contributed by atoms with E-state index < -0.39 is 0 Å². The molecule has 0 aliphatic heterocycles. The SMILES string of the molecule is COCC=C1C2CC3(C(=O)NC4CCC(N)CC4)CC1CC(c1ccccc1)(C2)C3. The highest BCUT2D eigenvalue weighted by Gasteiger charge is 2.62. The van der Waals surface area contributed by atoms with Crippen LogP contribution in [0, 0.1) is 17.3 Å². The van der Waals surface area contributed by atoms with Gasteiger partial charge in [-0.2, -0.15) is 0 Å². The summed E-state index contributed by atoms with van der Waals surface area (Å²) in [6.45, 7) is 0.683. The summed E-state index contributed by atoms with van der Waals surface area (Å²) >= 11 is 0. The van der Waals surface area contributed by atoms with E-state index in [2.05, 4.69) is 41.7 Å². The molecule has 162 valence electrons. The van der Waals surface area contributed by atoms with Crippen molar-refractivity contribution in [1.29, 1.82) is 0 Å². The molecule has 0 spiro atoms. The Morgan fingerprint density at radius 3 is 2.40 bits per heavy atom. The summed E-state index contributed by atoms with van der Waals surface area (Å²) in [4.78, 5) is 13.8. The third-order valence-electron chi connectivity index (χ3n) is 8.63. The van der Waals surface area contributed by atoms with Gasteiger partial charge in [0, 0.05) is 19.2 Å². The smallest absolute Gasteiger partial charge is 0.226 e. The second-order valence-electron chi connectivity index (χ2n) is 10.6. The number of amides is 1. The van der Waals surface area contributed by atoms with Crippen molar-refractivity contribution in [3.05, 3.63) is 47.5 Å². The lowest BCUT2D eigenvalue weighted by Gasteiger charge is -2.62. The van der Waals surface area contributed by atoms with Crippen LogP contribution in [0.2, 0.25) is 0 Å². The van der Waals surface area contributed by atoms with E-state index in [0.717, 1.165) is 44.9 Å². The summed E-state index contributed by atoms with van der Waals surface area (Å²) in [5, 5.41) is 3.48. The number of hydrogen-bond donors (Lipinski definition) is 2. The van der Waals surface area contributed by atoms with Gasteiger partial charge in [-0.25, -0.2) is 0 Å². The van der Waals surface area contributed by atoms with Crippen LogP contribution in [0.25, 0.3) is 0 Å². The van der Waals surface area contributed by atoms with Gasteiger partial charge in [-0.1, -0.05) is 42.0 Å². The van der Waals surface area contributed by atoms with Gasteiger partial charge in [0.15, 0.2) is 0 Å². The maximum atomic E-state index is 13.8. The topological polar surface area (TPSA) is 64.3 Å². The summed E-state index contributed by atoms with van der Waals surface area (Å²) in [6, 6.07) is 11.6.